The summed E-state index contributed by atoms with van der Waals surface area (Å²) in [6.45, 7) is 0.331. The lowest BCUT2D eigenvalue weighted by atomic mass is 10.1. The second-order valence-electron chi connectivity index (χ2n) is 7.52. The van der Waals surface area contributed by atoms with Crippen LogP contribution in [-0.4, -0.2) is 28.8 Å². The van der Waals surface area contributed by atoms with Gasteiger partial charge in [-0.2, -0.15) is 0 Å². The van der Waals surface area contributed by atoms with Gasteiger partial charge >= 0.3 is 11.9 Å². The van der Waals surface area contributed by atoms with Gasteiger partial charge in [0.05, 0.1) is 0 Å². The Balaban J connectivity index is 1.37. The summed E-state index contributed by atoms with van der Waals surface area (Å²) in [5, 5.41) is 0.597. The Kier molecular flexibility index (Phi) is 10.6. The number of unbranched alkanes of at least 4 members (excludes halogenated alkanes) is 7. The minimum atomic E-state index is -0.530. The van der Waals surface area contributed by atoms with Gasteiger partial charge in [0.15, 0.2) is 0 Å². The Morgan fingerprint density at radius 3 is 1.80 bits per heavy atom. The van der Waals surface area contributed by atoms with E-state index in [1.54, 1.807) is 0 Å². The van der Waals surface area contributed by atoms with Gasteiger partial charge in [-0.1, -0.05) is 68.9 Å². The van der Waals surface area contributed by atoms with Crippen molar-refractivity contribution in [1.29, 1.82) is 0 Å². The van der Waals surface area contributed by atoms with E-state index < -0.39 is 17.8 Å². The van der Waals surface area contributed by atoms with Gasteiger partial charge in [-0.25, -0.2) is 4.79 Å². The lowest BCUT2D eigenvalue weighted by Gasteiger charge is -2.12. The van der Waals surface area contributed by atoms with Crippen LogP contribution in [0.2, 0.25) is 0 Å². The molecule has 1 aromatic rings. The maximum atomic E-state index is 11.7. The molecule has 0 spiro atoms. The number of carbonyl (C=O) groups is 4. The Bertz CT molecular complexity index is 687. The first-order chi connectivity index (χ1) is 14.6. The van der Waals surface area contributed by atoms with Crippen molar-refractivity contribution < 1.29 is 28.8 Å². The number of esters is 1. The zero-order chi connectivity index (χ0) is 21.6. The number of hydrogen-bond donors (Lipinski definition) is 0. The average Bonchev–Trinajstić information content (AvgIpc) is 3.06. The molecule has 0 radical (unpaired) electrons. The molecule has 0 unspecified atom stereocenters. The predicted molar refractivity (Wildman–Crippen MR) is 110 cm³/mol. The van der Waals surface area contributed by atoms with E-state index in [9.17, 15) is 19.2 Å². The summed E-state index contributed by atoms with van der Waals surface area (Å²) in [7, 11) is 0. The summed E-state index contributed by atoms with van der Waals surface area (Å²) in [4.78, 5) is 51.0. The molecule has 7 nitrogen and oxygen atoms in total. The highest BCUT2D eigenvalue weighted by Crippen LogP contribution is 2.15. The number of ether oxygens (including phenoxy) is 1. The van der Waals surface area contributed by atoms with Crippen LogP contribution in [0.4, 0.5) is 0 Å². The molecule has 0 aromatic heterocycles. The van der Waals surface area contributed by atoms with Gasteiger partial charge in [-0.3, -0.25) is 14.4 Å². The average molecular weight is 418 g/mol. The van der Waals surface area contributed by atoms with Crippen LogP contribution in [-0.2, 0) is 35.4 Å². The minimum Gasteiger partial charge on any atom is -0.461 e. The van der Waals surface area contributed by atoms with Gasteiger partial charge < -0.3 is 9.57 Å². The maximum absolute atomic E-state index is 11.7. The molecule has 1 heterocycles. The van der Waals surface area contributed by atoms with Crippen LogP contribution in [0.1, 0.15) is 82.6 Å². The topological polar surface area (TPSA) is 90.0 Å². The summed E-state index contributed by atoms with van der Waals surface area (Å²) in [6.07, 6.45) is 8.60. The SMILES string of the molecule is O=C(CCCCCCCCCCC(=O)ON1C(=O)CCC1=O)OCc1ccccc1. The van der Waals surface area contributed by atoms with Crippen LogP contribution in [0.15, 0.2) is 30.3 Å². The van der Waals surface area contributed by atoms with E-state index in [2.05, 4.69) is 0 Å². The number of rotatable bonds is 14. The molecule has 0 bridgehead atoms. The van der Waals surface area contributed by atoms with Gasteiger partial charge in [-0.05, 0) is 18.4 Å². The second kappa shape index (κ2) is 13.5. The Hall–Kier alpha value is -2.70. The molecule has 1 aliphatic heterocycles. The lowest BCUT2D eigenvalue weighted by molar-refractivity contribution is -0.197. The highest BCUT2D eigenvalue weighted by atomic mass is 16.7. The van der Waals surface area contributed by atoms with Gasteiger partial charge in [0.2, 0.25) is 0 Å². The Morgan fingerprint density at radius 1 is 0.733 bits per heavy atom. The van der Waals surface area contributed by atoms with Crippen molar-refractivity contribution in [3.63, 3.8) is 0 Å². The van der Waals surface area contributed by atoms with Crippen LogP contribution < -0.4 is 0 Å². The fraction of sp³-hybridized carbons (Fsp3) is 0.565. The molecule has 2 rings (SSSR count). The molecule has 1 aromatic carbocycles. The van der Waals surface area contributed by atoms with Crippen molar-refractivity contribution in [2.45, 2.75) is 83.7 Å². The fourth-order valence-electron chi connectivity index (χ4n) is 3.21. The van der Waals surface area contributed by atoms with Crippen molar-refractivity contribution in [3.05, 3.63) is 35.9 Å². The summed E-state index contributed by atoms with van der Waals surface area (Å²) in [6, 6.07) is 9.65. The van der Waals surface area contributed by atoms with Crippen LogP contribution in [0, 0.1) is 0 Å². The highest BCUT2D eigenvalue weighted by Gasteiger charge is 2.32. The number of hydrogen-bond acceptors (Lipinski definition) is 6. The van der Waals surface area contributed by atoms with Gasteiger partial charge in [0, 0.05) is 25.7 Å². The summed E-state index contributed by atoms with van der Waals surface area (Å²) < 4.78 is 5.26. The summed E-state index contributed by atoms with van der Waals surface area (Å²) in [5.74, 6) is -1.57. The third kappa shape index (κ3) is 9.20. The third-order valence-electron chi connectivity index (χ3n) is 4.95. The molecule has 1 aliphatic rings. The van der Waals surface area contributed by atoms with Gasteiger partial charge in [-0.15, -0.1) is 5.06 Å². The lowest BCUT2D eigenvalue weighted by Crippen LogP contribution is -2.31. The molecule has 0 N–H and O–H groups in total. The van der Waals surface area contributed by atoms with Gasteiger partial charge in [0.1, 0.15) is 6.61 Å². The van der Waals surface area contributed by atoms with Crippen LogP contribution >= 0.6 is 0 Å². The quantitative estimate of drug-likeness (QED) is 0.255. The first-order valence-corrected chi connectivity index (χ1v) is 10.8. The number of carbonyl (C=O) groups excluding carboxylic acids is 4. The molecule has 164 valence electrons. The second-order valence-corrected chi connectivity index (χ2v) is 7.52. The van der Waals surface area contributed by atoms with Crippen molar-refractivity contribution in [2.24, 2.45) is 0 Å². The van der Waals surface area contributed by atoms with E-state index in [1.165, 1.54) is 0 Å². The van der Waals surface area contributed by atoms with E-state index in [0.717, 1.165) is 50.5 Å². The van der Waals surface area contributed by atoms with Crippen LogP contribution in [0.25, 0.3) is 0 Å². The fourth-order valence-corrected chi connectivity index (χ4v) is 3.21. The summed E-state index contributed by atoms with van der Waals surface area (Å²) >= 11 is 0. The van der Waals surface area contributed by atoms with Gasteiger partial charge in [0.25, 0.3) is 11.8 Å². The molecule has 1 saturated heterocycles. The molecule has 0 aliphatic carbocycles. The molecular formula is C23H31NO6. The number of benzene rings is 1. The molecular weight excluding hydrogens is 386 g/mol. The third-order valence-corrected chi connectivity index (χ3v) is 4.95. The Labute approximate surface area is 177 Å². The standard InChI is InChI=1S/C23H31NO6/c25-20-16-17-21(26)24(20)30-23(28)15-11-6-4-2-1-3-5-10-14-22(27)29-18-19-12-8-7-9-13-19/h7-9,12-13H,1-6,10-11,14-18H2. The molecule has 0 saturated carbocycles. The number of hydroxylamine groups is 2. The van der Waals surface area contributed by atoms with Crippen LogP contribution in [0.3, 0.4) is 0 Å². The van der Waals surface area contributed by atoms with Crippen molar-refractivity contribution in [3.8, 4) is 0 Å². The molecule has 1 fully saturated rings. The number of imide groups is 1. The maximum Gasteiger partial charge on any atom is 0.333 e. The minimum absolute atomic E-state index is 0.112. The largest absolute Gasteiger partial charge is 0.461 e. The molecule has 7 heteroatoms. The monoisotopic (exact) mass is 417 g/mol. The zero-order valence-electron chi connectivity index (χ0n) is 17.5. The molecule has 30 heavy (non-hydrogen) atoms. The van der Waals surface area contributed by atoms with Crippen molar-refractivity contribution in [1.82, 2.24) is 5.06 Å². The van der Waals surface area contributed by atoms with E-state index in [4.69, 9.17) is 9.57 Å². The smallest absolute Gasteiger partial charge is 0.333 e. The van der Waals surface area contributed by atoms with E-state index >= 15 is 0 Å². The summed E-state index contributed by atoms with van der Waals surface area (Å²) in [5.41, 5.74) is 0.997. The van der Waals surface area contributed by atoms with Crippen LogP contribution in [0.5, 0.6) is 0 Å². The zero-order valence-corrected chi connectivity index (χ0v) is 17.5. The highest BCUT2D eigenvalue weighted by molar-refractivity contribution is 6.01. The first kappa shape index (κ1) is 23.6. The van der Waals surface area contributed by atoms with E-state index in [0.29, 0.717) is 24.5 Å². The first-order valence-electron chi connectivity index (χ1n) is 10.8. The van der Waals surface area contributed by atoms with Crippen molar-refractivity contribution >= 4 is 23.8 Å². The number of amides is 2. The van der Waals surface area contributed by atoms with Crippen molar-refractivity contribution in [2.75, 3.05) is 0 Å². The predicted octanol–water partition coefficient (Wildman–Crippen LogP) is 4.24. The van der Waals surface area contributed by atoms with E-state index in [-0.39, 0.29) is 25.2 Å². The number of nitrogens with zero attached hydrogens (tertiary/aromatic N) is 1. The normalized spacial score (nSPS) is 13.5. The molecule has 0 atom stereocenters. The van der Waals surface area contributed by atoms with E-state index in [1.807, 2.05) is 30.3 Å². The molecule has 2 amide bonds. The Morgan fingerprint density at radius 2 is 1.23 bits per heavy atom.